The summed E-state index contributed by atoms with van der Waals surface area (Å²) in [6, 6.07) is 0.894. The average molecular weight is 273 g/mol. The zero-order valence-corrected chi connectivity index (χ0v) is 7.89. The topological polar surface area (TPSA) is 181 Å². The van der Waals surface area contributed by atoms with Gasteiger partial charge in [0.05, 0.1) is 26.9 Å². The Morgan fingerprint density at radius 1 is 0.889 bits per heavy atom. The van der Waals surface area contributed by atoms with Crippen LogP contribution in [0.4, 0.5) is 17.1 Å². The fourth-order valence-corrected chi connectivity index (χ4v) is 0.974. The van der Waals surface area contributed by atoms with Crippen LogP contribution < -0.4 is 0 Å². The Morgan fingerprint density at radius 2 is 1.22 bits per heavy atom. The van der Waals surface area contributed by atoms with E-state index in [4.69, 9.17) is 5.11 Å². The van der Waals surface area contributed by atoms with E-state index in [1.165, 1.54) is 0 Å². The second kappa shape index (κ2) is 6.63. The van der Waals surface area contributed by atoms with Crippen molar-refractivity contribution in [1.82, 2.24) is 0 Å². The number of hydrogen-bond acceptors (Lipinski definition) is 7. The van der Waals surface area contributed by atoms with Gasteiger partial charge in [-0.2, -0.15) is 0 Å². The van der Waals surface area contributed by atoms with Crippen LogP contribution in [-0.4, -0.2) is 48.4 Å². The molecule has 18 heavy (non-hydrogen) atoms. The predicted molar refractivity (Wildman–Crippen MR) is 60.2 cm³/mol. The molecule has 1 aromatic rings. The van der Waals surface area contributed by atoms with Crippen molar-refractivity contribution >= 4 is 40.1 Å². The minimum Gasteiger partial charge on any atom is -0.497 e. The first-order valence-electron chi connectivity index (χ1n) is 3.64. The third-order valence-corrected chi connectivity index (χ3v) is 1.66. The van der Waals surface area contributed by atoms with Crippen LogP contribution in [0, 0.1) is 30.3 Å². The molecule has 11 nitrogen and oxygen atoms in total. The lowest BCUT2D eigenvalue weighted by Gasteiger charge is -1.97. The van der Waals surface area contributed by atoms with Gasteiger partial charge >= 0.3 is 34.4 Å². The minimum absolute atomic E-state index is 0. The van der Waals surface area contributed by atoms with Crippen molar-refractivity contribution in [3.05, 3.63) is 42.5 Å². The number of nitro benzene ring substituents is 3. The monoisotopic (exact) mass is 273 g/mol. The molecule has 0 radical (unpaired) electrons. The highest BCUT2D eigenvalue weighted by atomic mass is 24.3. The van der Waals surface area contributed by atoms with E-state index in [0.29, 0.717) is 12.1 Å². The SMILES string of the molecule is O.O=[N+]([O-])c1cc([N+](=O)[O-])c(O)c([N+](=O)[O-])c1.[MgH2]. The van der Waals surface area contributed by atoms with Gasteiger partial charge in [0.2, 0.25) is 0 Å². The second-order valence-corrected chi connectivity index (χ2v) is 2.60. The molecule has 1 rings (SSSR count). The quantitative estimate of drug-likeness (QED) is 0.432. The average Bonchev–Trinajstić information content (AvgIpc) is 2.16. The third kappa shape index (κ3) is 3.47. The largest absolute Gasteiger partial charge is 0.497 e. The molecule has 0 bridgehead atoms. The zero-order chi connectivity index (χ0) is 12.5. The number of phenols is 1. The number of benzene rings is 1. The summed E-state index contributed by atoms with van der Waals surface area (Å²) in [5.41, 5.74) is -3.00. The van der Waals surface area contributed by atoms with Gasteiger partial charge in [-0.25, -0.2) is 0 Å². The van der Waals surface area contributed by atoms with Crippen molar-refractivity contribution in [3.8, 4) is 5.75 Å². The van der Waals surface area contributed by atoms with Crippen LogP contribution >= 0.6 is 0 Å². The molecular formula is C6H7MgN3O8. The Balaban J connectivity index is 0. The number of aromatic hydroxyl groups is 1. The van der Waals surface area contributed by atoms with Crippen LogP contribution in [0.15, 0.2) is 12.1 Å². The van der Waals surface area contributed by atoms with E-state index in [0.717, 1.165) is 0 Å². The molecule has 1 aromatic carbocycles. The highest BCUT2D eigenvalue weighted by Gasteiger charge is 2.29. The Kier molecular flexibility index (Phi) is 6.74. The smallest absolute Gasteiger partial charge is 0.324 e. The number of hydrogen-bond donors (Lipinski definition) is 1. The molecule has 0 heterocycles. The maximum atomic E-state index is 10.4. The summed E-state index contributed by atoms with van der Waals surface area (Å²) in [7, 11) is 0. The number of rotatable bonds is 3. The lowest BCUT2D eigenvalue weighted by Crippen LogP contribution is -1.97. The summed E-state index contributed by atoms with van der Waals surface area (Å²) in [6.45, 7) is 0. The van der Waals surface area contributed by atoms with Gasteiger partial charge in [0.25, 0.3) is 11.4 Å². The fraction of sp³-hybridized carbons (Fsp3) is 0. The van der Waals surface area contributed by atoms with Crippen molar-refractivity contribution in [2.24, 2.45) is 0 Å². The van der Waals surface area contributed by atoms with Crippen LogP contribution in [0.1, 0.15) is 0 Å². The Morgan fingerprint density at radius 3 is 1.44 bits per heavy atom. The summed E-state index contributed by atoms with van der Waals surface area (Å²) in [5, 5.41) is 40.2. The molecule has 0 spiro atoms. The molecule has 0 aliphatic carbocycles. The molecule has 0 amide bonds. The number of nitrogens with zero attached hydrogens (tertiary/aromatic N) is 3. The normalized spacial score (nSPS) is 8.67. The molecule has 12 heteroatoms. The van der Waals surface area contributed by atoms with E-state index in [1.807, 2.05) is 0 Å². The van der Waals surface area contributed by atoms with Crippen LogP contribution in [0.25, 0.3) is 0 Å². The van der Waals surface area contributed by atoms with Crippen molar-refractivity contribution in [2.75, 3.05) is 0 Å². The molecule has 0 fully saturated rings. The van der Waals surface area contributed by atoms with E-state index in [2.05, 4.69) is 0 Å². The van der Waals surface area contributed by atoms with Crippen LogP contribution in [0.2, 0.25) is 0 Å². The van der Waals surface area contributed by atoms with E-state index >= 15 is 0 Å². The van der Waals surface area contributed by atoms with E-state index in [9.17, 15) is 30.3 Å². The van der Waals surface area contributed by atoms with Gasteiger partial charge < -0.3 is 10.6 Å². The van der Waals surface area contributed by atoms with Gasteiger partial charge in [0, 0.05) is 0 Å². The van der Waals surface area contributed by atoms with Gasteiger partial charge in [-0.15, -0.1) is 0 Å². The minimum atomic E-state index is -1.21. The van der Waals surface area contributed by atoms with Gasteiger partial charge in [0.15, 0.2) is 0 Å². The molecule has 0 aromatic heterocycles. The van der Waals surface area contributed by atoms with E-state index in [-0.39, 0.29) is 28.5 Å². The van der Waals surface area contributed by atoms with Gasteiger partial charge in [-0.1, -0.05) is 0 Å². The summed E-state index contributed by atoms with van der Waals surface area (Å²) < 4.78 is 0. The van der Waals surface area contributed by atoms with E-state index in [1.54, 1.807) is 0 Å². The maximum Gasteiger partial charge on any atom is 0.324 e. The van der Waals surface area contributed by atoms with E-state index < -0.39 is 37.6 Å². The summed E-state index contributed by atoms with van der Waals surface area (Å²) in [4.78, 5) is 27.8. The molecule has 3 N–H and O–H groups in total. The summed E-state index contributed by atoms with van der Waals surface area (Å²) >= 11 is 0. The molecule has 96 valence electrons. The first kappa shape index (κ1) is 18.3. The highest BCUT2D eigenvalue weighted by Crippen LogP contribution is 2.38. The van der Waals surface area contributed by atoms with Crippen molar-refractivity contribution in [1.29, 1.82) is 0 Å². The number of non-ortho nitro benzene ring substituents is 1. The zero-order valence-electron chi connectivity index (χ0n) is 7.89. The van der Waals surface area contributed by atoms with Crippen LogP contribution in [-0.2, 0) is 0 Å². The van der Waals surface area contributed by atoms with Gasteiger partial charge in [-0.05, 0) is 0 Å². The predicted octanol–water partition coefficient (Wildman–Crippen LogP) is -0.624. The van der Waals surface area contributed by atoms with Gasteiger partial charge in [0.1, 0.15) is 0 Å². The highest BCUT2D eigenvalue weighted by molar-refractivity contribution is 5.75. The molecule has 0 saturated heterocycles. The molecule has 0 unspecified atom stereocenters. The van der Waals surface area contributed by atoms with Gasteiger partial charge in [-0.3, -0.25) is 30.3 Å². The molecular weight excluding hydrogens is 266 g/mol. The summed E-state index contributed by atoms with van der Waals surface area (Å²) in [6.07, 6.45) is 0. The molecule has 0 atom stereocenters. The van der Waals surface area contributed by atoms with Crippen molar-refractivity contribution in [3.63, 3.8) is 0 Å². The number of phenolic OH excluding ortho intramolecular Hbond substituents is 1. The maximum absolute atomic E-state index is 10.4. The van der Waals surface area contributed by atoms with Crippen molar-refractivity contribution in [2.45, 2.75) is 0 Å². The first-order chi connectivity index (χ1) is 7.34. The lowest BCUT2D eigenvalue weighted by molar-refractivity contribution is -0.404. The Bertz CT molecular complexity index is 469. The Hall–Kier alpha value is -2.05. The summed E-state index contributed by atoms with van der Waals surface area (Å²) in [5.74, 6) is -1.21. The molecule has 0 saturated carbocycles. The fourth-order valence-electron chi connectivity index (χ4n) is 0.974. The second-order valence-electron chi connectivity index (χ2n) is 2.60. The standard InChI is InChI=1S/C6H3N3O7.Mg.H2O.2H/c10-6-4(8(13)14)1-3(7(11)12)2-5(6)9(15)16;;;;/h1-2,10H;;1H2;;. The first-order valence-corrected chi connectivity index (χ1v) is 3.64. The Labute approximate surface area is 114 Å². The molecule has 0 aliphatic rings. The van der Waals surface area contributed by atoms with Crippen molar-refractivity contribution < 1.29 is 25.4 Å². The van der Waals surface area contributed by atoms with Crippen LogP contribution in [0.5, 0.6) is 5.75 Å². The number of nitro groups is 3. The van der Waals surface area contributed by atoms with Crippen LogP contribution in [0.3, 0.4) is 0 Å². The lowest BCUT2D eigenvalue weighted by atomic mass is 10.2. The third-order valence-electron chi connectivity index (χ3n) is 1.66. The molecule has 0 aliphatic heterocycles.